The zero-order valence-electron chi connectivity index (χ0n) is 7.63. The first-order valence-electron chi connectivity index (χ1n) is 4.10. The number of urea groups is 1. The molecular formula is C6H9N5O3S. The molecule has 3 N–H and O–H groups in total. The first-order chi connectivity index (χ1) is 7.18. The summed E-state index contributed by atoms with van der Waals surface area (Å²) >= 11 is 0.957. The topological polar surface area (TPSA) is 117 Å². The lowest BCUT2D eigenvalue weighted by molar-refractivity contribution is -0.137. The first kappa shape index (κ1) is 11.3. The van der Waals surface area contributed by atoms with Crippen LogP contribution < -0.4 is 10.6 Å². The number of hydrogen-bond donors (Lipinski definition) is 3. The van der Waals surface area contributed by atoms with Crippen LogP contribution >= 0.6 is 11.5 Å². The highest BCUT2D eigenvalue weighted by Gasteiger charge is 2.04. The van der Waals surface area contributed by atoms with Crippen molar-refractivity contribution in [1.29, 1.82) is 0 Å². The lowest BCUT2D eigenvalue weighted by atomic mass is 10.3. The summed E-state index contributed by atoms with van der Waals surface area (Å²) in [7, 11) is 0. The quantitative estimate of drug-likeness (QED) is 0.610. The smallest absolute Gasteiger partial charge is 0.321 e. The molecule has 0 saturated carbocycles. The lowest BCUT2D eigenvalue weighted by Gasteiger charge is -2.02. The number of anilines is 1. The molecule has 9 heteroatoms. The molecule has 0 radical (unpaired) electrons. The van der Waals surface area contributed by atoms with Gasteiger partial charge in [0.05, 0.1) is 0 Å². The maximum Gasteiger partial charge on any atom is 0.321 e. The summed E-state index contributed by atoms with van der Waals surface area (Å²) < 4.78 is 3.46. The average Bonchev–Trinajstić information content (AvgIpc) is 2.64. The van der Waals surface area contributed by atoms with E-state index in [0.717, 1.165) is 11.5 Å². The van der Waals surface area contributed by atoms with Crippen molar-refractivity contribution in [3.63, 3.8) is 0 Å². The van der Waals surface area contributed by atoms with Crippen molar-refractivity contribution in [2.75, 3.05) is 11.9 Å². The Morgan fingerprint density at radius 2 is 2.27 bits per heavy atom. The van der Waals surface area contributed by atoms with Gasteiger partial charge in [-0.05, 0) is 11.6 Å². The fourth-order valence-electron chi connectivity index (χ4n) is 0.765. The van der Waals surface area contributed by atoms with E-state index in [9.17, 15) is 9.59 Å². The van der Waals surface area contributed by atoms with Crippen molar-refractivity contribution in [2.24, 2.45) is 0 Å². The second kappa shape index (κ2) is 5.86. The molecule has 15 heavy (non-hydrogen) atoms. The van der Waals surface area contributed by atoms with E-state index in [1.165, 1.54) is 0 Å². The Morgan fingerprint density at radius 3 is 2.87 bits per heavy atom. The molecule has 1 aromatic rings. The molecule has 1 rings (SSSR count). The van der Waals surface area contributed by atoms with Crippen LogP contribution in [0, 0.1) is 0 Å². The van der Waals surface area contributed by atoms with Gasteiger partial charge in [-0.3, -0.25) is 10.1 Å². The molecule has 0 atom stereocenters. The highest BCUT2D eigenvalue weighted by molar-refractivity contribution is 7.09. The van der Waals surface area contributed by atoms with Gasteiger partial charge in [-0.25, -0.2) is 4.79 Å². The van der Waals surface area contributed by atoms with Gasteiger partial charge in [0, 0.05) is 24.5 Å². The van der Waals surface area contributed by atoms with Crippen LogP contribution in [0.15, 0.2) is 0 Å². The number of amides is 2. The van der Waals surface area contributed by atoms with E-state index in [0.29, 0.717) is 18.1 Å². The Hall–Kier alpha value is -1.77. The maximum atomic E-state index is 11.1. The molecule has 8 nitrogen and oxygen atoms in total. The number of nitrogens with zero attached hydrogens (tertiary/aromatic N) is 3. The van der Waals surface area contributed by atoms with Crippen LogP contribution in [0.5, 0.6) is 0 Å². The van der Waals surface area contributed by atoms with E-state index in [1.807, 2.05) is 0 Å². The van der Waals surface area contributed by atoms with Crippen molar-refractivity contribution in [1.82, 2.24) is 20.1 Å². The van der Waals surface area contributed by atoms with Gasteiger partial charge in [-0.15, -0.1) is 0 Å². The van der Waals surface area contributed by atoms with E-state index in [2.05, 4.69) is 25.4 Å². The van der Waals surface area contributed by atoms with E-state index < -0.39 is 12.0 Å². The number of carbonyl (C=O) groups is 2. The van der Waals surface area contributed by atoms with Crippen LogP contribution in [0.3, 0.4) is 0 Å². The largest absolute Gasteiger partial charge is 0.481 e. The minimum atomic E-state index is -0.884. The number of aliphatic carboxylic acids is 1. The third-order valence-electron chi connectivity index (χ3n) is 1.37. The predicted octanol–water partition coefficient (Wildman–Crippen LogP) is -0.0806. The van der Waals surface area contributed by atoms with E-state index in [1.54, 1.807) is 0 Å². The Morgan fingerprint density at radius 1 is 1.47 bits per heavy atom. The number of carboxylic acid groups (broad SMARTS) is 1. The third kappa shape index (κ3) is 4.86. The molecule has 0 fully saturated rings. The van der Waals surface area contributed by atoms with Crippen LogP contribution in [0.4, 0.5) is 9.93 Å². The monoisotopic (exact) mass is 231 g/mol. The summed E-state index contributed by atoms with van der Waals surface area (Å²) in [6.45, 7) is 0.296. The SMILES string of the molecule is O=C(O)CCCNC(=O)Nc1nnns1. The molecule has 0 spiro atoms. The Balaban J connectivity index is 2.11. The number of hydrogen-bond acceptors (Lipinski definition) is 6. The number of nitrogens with one attached hydrogen (secondary N) is 2. The van der Waals surface area contributed by atoms with Crippen molar-refractivity contribution in [2.45, 2.75) is 12.8 Å². The van der Waals surface area contributed by atoms with Crippen molar-refractivity contribution < 1.29 is 14.7 Å². The molecule has 0 bridgehead atoms. The van der Waals surface area contributed by atoms with Crippen LogP contribution in [-0.2, 0) is 4.79 Å². The molecule has 0 aromatic carbocycles. The number of carboxylic acids is 1. The van der Waals surface area contributed by atoms with E-state index in [-0.39, 0.29) is 6.42 Å². The Bertz CT molecular complexity index is 328. The molecule has 1 heterocycles. The fourth-order valence-corrected chi connectivity index (χ4v) is 1.13. The highest BCUT2D eigenvalue weighted by Crippen LogP contribution is 2.03. The maximum absolute atomic E-state index is 11.1. The standard InChI is InChI=1S/C6H9N5O3S/c12-4(13)2-1-3-7-5(14)8-6-9-10-11-15-6/h1-3H2,(H,12,13)(H2,7,8,9,11,14). The first-order valence-corrected chi connectivity index (χ1v) is 4.87. The van der Waals surface area contributed by atoms with Gasteiger partial charge >= 0.3 is 12.0 Å². The lowest BCUT2D eigenvalue weighted by Crippen LogP contribution is -2.29. The molecule has 0 unspecified atom stereocenters. The average molecular weight is 231 g/mol. The molecule has 0 aliphatic carbocycles. The van der Waals surface area contributed by atoms with Gasteiger partial charge in [0.15, 0.2) is 0 Å². The molecule has 0 aliphatic heterocycles. The summed E-state index contributed by atoms with van der Waals surface area (Å²) in [5.74, 6) is -0.884. The number of aromatic nitrogens is 3. The highest BCUT2D eigenvalue weighted by atomic mass is 32.1. The molecule has 1 aromatic heterocycles. The molecule has 82 valence electrons. The minimum absolute atomic E-state index is 0.0284. The van der Waals surface area contributed by atoms with Crippen LogP contribution in [0.2, 0.25) is 0 Å². The van der Waals surface area contributed by atoms with E-state index in [4.69, 9.17) is 5.11 Å². The van der Waals surface area contributed by atoms with Crippen molar-refractivity contribution >= 4 is 28.7 Å². The van der Waals surface area contributed by atoms with Gasteiger partial charge in [0.1, 0.15) is 0 Å². The molecule has 0 saturated heterocycles. The molecule has 0 aliphatic rings. The van der Waals surface area contributed by atoms with Gasteiger partial charge in [-0.1, -0.05) is 9.59 Å². The summed E-state index contributed by atoms with van der Waals surface area (Å²) in [5, 5.41) is 20.3. The normalized spacial score (nSPS) is 9.60. The summed E-state index contributed by atoms with van der Waals surface area (Å²) in [4.78, 5) is 21.2. The zero-order chi connectivity index (χ0) is 11.1. The molecule has 2 amide bonds. The molecular weight excluding hydrogens is 222 g/mol. The van der Waals surface area contributed by atoms with Crippen LogP contribution in [0.25, 0.3) is 0 Å². The second-order valence-electron chi connectivity index (χ2n) is 2.55. The van der Waals surface area contributed by atoms with Crippen LogP contribution in [0.1, 0.15) is 12.8 Å². The number of carbonyl (C=O) groups excluding carboxylic acids is 1. The summed E-state index contributed by atoms with van der Waals surface area (Å²) in [6.07, 6.45) is 0.414. The van der Waals surface area contributed by atoms with Crippen molar-refractivity contribution in [3.8, 4) is 0 Å². The van der Waals surface area contributed by atoms with Gasteiger partial charge in [0.25, 0.3) is 0 Å². The van der Waals surface area contributed by atoms with Gasteiger partial charge in [-0.2, -0.15) is 0 Å². The minimum Gasteiger partial charge on any atom is -0.481 e. The second-order valence-corrected chi connectivity index (χ2v) is 3.28. The van der Waals surface area contributed by atoms with Crippen molar-refractivity contribution in [3.05, 3.63) is 0 Å². The predicted molar refractivity (Wildman–Crippen MR) is 51.6 cm³/mol. The Labute approximate surface area is 88.9 Å². The van der Waals surface area contributed by atoms with Gasteiger partial charge in [0.2, 0.25) is 5.13 Å². The van der Waals surface area contributed by atoms with E-state index >= 15 is 0 Å². The summed E-state index contributed by atoms with van der Waals surface area (Å²) in [5.41, 5.74) is 0. The summed E-state index contributed by atoms with van der Waals surface area (Å²) in [6, 6.07) is -0.445. The van der Waals surface area contributed by atoms with Crippen LogP contribution in [-0.4, -0.2) is 38.5 Å². The third-order valence-corrected chi connectivity index (χ3v) is 1.88. The van der Waals surface area contributed by atoms with Gasteiger partial charge < -0.3 is 10.4 Å². The zero-order valence-corrected chi connectivity index (χ0v) is 8.45. The fraction of sp³-hybridized carbons (Fsp3) is 0.500. The Kier molecular flexibility index (Phi) is 4.41. The number of rotatable bonds is 5.